The van der Waals surface area contributed by atoms with Gasteiger partial charge in [-0.25, -0.2) is 0 Å². The van der Waals surface area contributed by atoms with Crippen LogP contribution in [-0.2, 0) is 26.1 Å². The Bertz CT molecular complexity index is 1160. The molecule has 2 aromatic heterocycles. The molecule has 0 aliphatic carbocycles. The van der Waals surface area contributed by atoms with Crippen molar-refractivity contribution in [2.24, 2.45) is 0 Å². The van der Waals surface area contributed by atoms with Gasteiger partial charge in [0.1, 0.15) is 5.56 Å². The summed E-state index contributed by atoms with van der Waals surface area (Å²) in [6.45, 7) is 3.23. The Morgan fingerprint density at radius 3 is 2.58 bits per heavy atom. The summed E-state index contributed by atoms with van der Waals surface area (Å²) in [5.74, 6) is 1.07. The van der Waals surface area contributed by atoms with Crippen molar-refractivity contribution in [3.05, 3.63) is 87.1 Å². The first kappa shape index (κ1) is 20.7. The van der Waals surface area contributed by atoms with E-state index in [2.05, 4.69) is 4.98 Å². The molecule has 0 radical (unpaired) electrons. The number of rotatable bonds is 6. The normalized spacial score (nSPS) is 12.5. The number of benzene rings is 1. The minimum Gasteiger partial charge on any atom is -0.493 e. The molecule has 0 fully saturated rings. The fourth-order valence-corrected chi connectivity index (χ4v) is 3.91. The highest BCUT2D eigenvalue weighted by atomic mass is 16.5. The summed E-state index contributed by atoms with van der Waals surface area (Å²) in [5, 5.41) is 0. The van der Waals surface area contributed by atoms with E-state index in [1.54, 1.807) is 49.2 Å². The van der Waals surface area contributed by atoms with Crippen molar-refractivity contribution in [3.63, 3.8) is 0 Å². The monoisotopic (exact) mass is 419 g/mol. The average Bonchev–Trinajstić information content (AvgIpc) is 3.22. The minimum absolute atomic E-state index is 0.232. The van der Waals surface area contributed by atoms with Crippen molar-refractivity contribution in [1.29, 1.82) is 0 Å². The van der Waals surface area contributed by atoms with Crippen molar-refractivity contribution in [3.8, 4) is 11.5 Å². The molecular weight excluding hydrogens is 394 g/mol. The molecule has 0 atom stereocenters. The van der Waals surface area contributed by atoms with Crippen LogP contribution in [0, 0.1) is 6.92 Å². The molecule has 4 rings (SSSR count). The summed E-state index contributed by atoms with van der Waals surface area (Å²) in [5.41, 5.74) is 3.77. The summed E-state index contributed by atoms with van der Waals surface area (Å²) >= 11 is 0. The molecule has 0 spiro atoms. The highest BCUT2D eigenvalue weighted by Crippen LogP contribution is 2.28. The van der Waals surface area contributed by atoms with Gasteiger partial charge < -0.3 is 18.9 Å². The topological polar surface area (TPSA) is 73.7 Å². The third kappa shape index (κ3) is 4.03. The molecule has 1 aromatic carbocycles. The van der Waals surface area contributed by atoms with Gasteiger partial charge in [0.25, 0.3) is 11.5 Å². The molecule has 31 heavy (non-hydrogen) atoms. The summed E-state index contributed by atoms with van der Waals surface area (Å²) in [4.78, 5) is 32.2. The first-order valence-corrected chi connectivity index (χ1v) is 10.1. The Morgan fingerprint density at radius 2 is 1.84 bits per heavy atom. The molecule has 0 unspecified atom stereocenters. The number of carbonyl (C=O) groups is 1. The van der Waals surface area contributed by atoms with Crippen LogP contribution in [0.2, 0.25) is 0 Å². The number of hydrogen-bond donors (Lipinski definition) is 0. The molecule has 0 N–H and O–H groups in total. The first-order chi connectivity index (χ1) is 15.0. The highest BCUT2D eigenvalue weighted by molar-refractivity contribution is 5.95. The molecule has 0 saturated heterocycles. The van der Waals surface area contributed by atoms with Crippen molar-refractivity contribution in [2.45, 2.75) is 33.0 Å². The minimum atomic E-state index is -0.264. The van der Waals surface area contributed by atoms with E-state index in [-0.39, 0.29) is 17.0 Å². The SMILES string of the molecule is COc1ccc(CCn2ccc(C)c(C(=O)N3Cc4ccncc4C3)c2=O)cc1OC. The fourth-order valence-electron chi connectivity index (χ4n) is 3.91. The van der Waals surface area contributed by atoms with Crippen LogP contribution < -0.4 is 15.0 Å². The summed E-state index contributed by atoms with van der Waals surface area (Å²) in [6, 6.07) is 9.44. The molecule has 1 aliphatic rings. The van der Waals surface area contributed by atoms with Gasteiger partial charge in [0, 0.05) is 38.2 Å². The molecule has 160 valence electrons. The molecule has 3 aromatic rings. The second kappa shape index (κ2) is 8.63. The molecule has 0 saturated carbocycles. The lowest BCUT2D eigenvalue weighted by Gasteiger charge is -2.17. The van der Waals surface area contributed by atoms with Gasteiger partial charge in [-0.3, -0.25) is 14.6 Å². The molecular formula is C24H25N3O4. The summed E-state index contributed by atoms with van der Waals surface area (Å²) in [6.07, 6.45) is 5.87. The molecule has 3 heterocycles. The third-order valence-corrected chi connectivity index (χ3v) is 5.69. The molecule has 1 amide bonds. The van der Waals surface area contributed by atoms with E-state index < -0.39 is 0 Å². The molecule has 1 aliphatic heterocycles. The lowest BCUT2D eigenvalue weighted by molar-refractivity contribution is 0.0748. The predicted molar refractivity (Wildman–Crippen MR) is 117 cm³/mol. The van der Waals surface area contributed by atoms with Crippen LogP contribution in [0.4, 0.5) is 0 Å². The third-order valence-electron chi connectivity index (χ3n) is 5.69. The number of amides is 1. The Morgan fingerprint density at radius 1 is 1.06 bits per heavy atom. The van der Waals surface area contributed by atoms with E-state index in [9.17, 15) is 9.59 Å². The number of nitrogens with zero attached hydrogens (tertiary/aromatic N) is 3. The van der Waals surface area contributed by atoms with Crippen LogP contribution in [0.3, 0.4) is 0 Å². The number of pyridine rings is 2. The first-order valence-electron chi connectivity index (χ1n) is 10.1. The Kier molecular flexibility index (Phi) is 5.75. The van der Waals surface area contributed by atoms with Gasteiger partial charge in [0.15, 0.2) is 11.5 Å². The van der Waals surface area contributed by atoms with Gasteiger partial charge in [-0.2, -0.15) is 0 Å². The van der Waals surface area contributed by atoms with Gasteiger partial charge in [-0.15, -0.1) is 0 Å². The van der Waals surface area contributed by atoms with E-state index in [0.29, 0.717) is 43.1 Å². The number of ether oxygens (including phenoxy) is 2. The summed E-state index contributed by atoms with van der Waals surface area (Å²) in [7, 11) is 3.19. The van der Waals surface area contributed by atoms with Crippen molar-refractivity contribution in [2.75, 3.05) is 14.2 Å². The van der Waals surface area contributed by atoms with Crippen molar-refractivity contribution < 1.29 is 14.3 Å². The zero-order valence-electron chi connectivity index (χ0n) is 17.9. The zero-order chi connectivity index (χ0) is 22.0. The number of carbonyl (C=O) groups excluding carboxylic acids is 1. The number of methoxy groups -OCH3 is 2. The number of hydrogen-bond acceptors (Lipinski definition) is 5. The Balaban J connectivity index is 1.54. The van der Waals surface area contributed by atoms with E-state index in [1.807, 2.05) is 30.3 Å². The standard InChI is InChI=1S/C24H25N3O4/c1-16-7-10-26(11-8-17-4-5-20(30-2)21(12-17)31-3)23(28)22(16)24(29)27-14-18-6-9-25-13-19(18)15-27/h4-7,9-10,12-13H,8,11,14-15H2,1-3H3. The van der Waals surface area contributed by atoms with E-state index in [1.165, 1.54) is 0 Å². The molecule has 0 bridgehead atoms. The van der Waals surface area contributed by atoms with Gasteiger partial charge in [-0.05, 0) is 59.9 Å². The quantitative estimate of drug-likeness (QED) is 0.614. The lowest BCUT2D eigenvalue weighted by Crippen LogP contribution is -2.35. The number of fused-ring (bicyclic) bond motifs is 1. The van der Waals surface area contributed by atoms with Crippen molar-refractivity contribution >= 4 is 5.91 Å². The predicted octanol–water partition coefficient (Wildman–Crippen LogP) is 2.97. The second-order valence-electron chi connectivity index (χ2n) is 7.62. The zero-order valence-corrected chi connectivity index (χ0v) is 17.9. The van der Waals surface area contributed by atoms with Gasteiger partial charge >= 0.3 is 0 Å². The average molecular weight is 419 g/mol. The van der Waals surface area contributed by atoms with Gasteiger partial charge in [0.2, 0.25) is 0 Å². The highest BCUT2D eigenvalue weighted by Gasteiger charge is 2.27. The largest absolute Gasteiger partial charge is 0.493 e. The number of aromatic nitrogens is 2. The van der Waals surface area contributed by atoms with Crippen LogP contribution in [0.1, 0.15) is 32.6 Å². The van der Waals surface area contributed by atoms with Crippen LogP contribution in [0.5, 0.6) is 11.5 Å². The van der Waals surface area contributed by atoms with Gasteiger partial charge in [-0.1, -0.05) is 6.07 Å². The Hall–Kier alpha value is -3.61. The van der Waals surface area contributed by atoms with Crippen LogP contribution in [-0.4, -0.2) is 34.6 Å². The van der Waals surface area contributed by atoms with Crippen LogP contribution in [0.25, 0.3) is 0 Å². The van der Waals surface area contributed by atoms with E-state index >= 15 is 0 Å². The second-order valence-corrected chi connectivity index (χ2v) is 7.62. The maximum atomic E-state index is 13.2. The van der Waals surface area contributed by atoms with E-state index in [0.717, 1.165) is 16.7 Å². The van der Waals surface area contributed by atoms with Crippen LogP contribution in [0.15, 0.2) is 53.7 Å². The fraction of sp³-hybridized carbons (Fsp3) is 0.292. The summed E-state index contributed by atoms with van der Waals surface area (Å²) < 4.78 is 12.2. The van der Waals surface area contributed by atoms with E-state index in [4.69, 9.17) is 9.47 Å². The number of aryl methyl sites for hydroxylation is 3. The molecule has 7 heteroatoms. The van der Waals surface area contributed by atoms with Gasteiger partial charge in [0.05, 0.1) is 14.2 Å². The lowest BCUT2D eigenvalue weighted by atomic mass is 10.1. The maximum absolute atomic E-state index is 13.2. The van der Waals surface area contributed by atoms with Crippen molar-refractivity contribution in [1.82, 2.24) is 14.5 Å². The Labute approximate surface area is 180 Å². The molecule has 7 nitrogen and oxygen atoms in total. The smallest absolute Gasteiger partial charge is 0.263 e. The maximum Gasteiger partial charge on any atom is 0.263 e. The van der Waals surface area contributed by atoms with Crippen LogP contribution >= 0.6 is 0 Å².